The van der Waals surface area contributed by atoms with Gasteiger partial charge in [-0.05, 0) is 64.4 Å². The number of aliphatic imine (C=N–C) groups is 1. The molecule has 0 saturated carbocycles. The lowest BCUT2D eigenvalue weighted by molar-refractivity contribution is 0.228. The number of nitrogens with one attached hydrogen (secondary N) is 1. The zero-order chi connectivity index (χ0) is 20.8. The Bertz CT molecular complexity index is 967. The molecule has 1 aromatic carbocycles. The molecule has 3 rings (SSSR count). The number of piperidine rings is 1. The molecule has 0 bridgehead atoms. The predicted molar refractivity (Wildman–Crippen MR) is 116 cm³/mol. The molecule has 1 saturated heterocycles. The Morgan fingerprint density at radius 2 is 1.83 bits per heavy atom. The van der Waals surface area contributed by atoms with Crippen LogP contribution in [0.5, 0.6) is 5.88 Å². The van der Waals surface area contributed by atoms with Crippen LogP contribution in [-0.2, 0) is 0 Å². The van der Waals surface area contributed by atoms with Gasteiger partial charge in [0.1, 0.15) is 5.56 Å². The van der Waals surface area contributed by atoms with Crippen LogP contribution in [0.15, 0.2) is 38.8 Å². The molecule has 1 aliphatic rings. The molecule has 7 nitrogen and oxygen atoms in total. The molecule has 0 atom stereocenters. The van der Waals surface area contributed by atoms with Gasteiger partial charge in [-0.3, -0.25) is 14.8 Å². The number of aromatic nitrogens is 2. The lowest BCUT2D eigenvalue weighted by atomic mass is 10.1. The number of benzene rings is 1. The minimum Gasteiger partial charge on any atom is -0.493 e. The normalized spacial score (nSPS) is 15.6. The van der Waals surface area contributed by atoms with E-state index in [9.17, 15) is 14.7 Å². The minimum atomic E-state index is -0.666. The Kier molecular flexibility index (Phi) is 7.04. The van der Waals surface area contributed by atoms with Crippen molar-refractivity contribution in [3.05, 3.63) is 56.2 Å². The van der Waals surface area contributed by atoms with Crippen LogP contribution in [0.25, 0.3) is 5.69 Å². The third-order valence-electron chi connectivity index (χ3n) is 5.39. The standard InChI is InChI=1S/C22H30N4O3/c1-3-18(23-12-7-15-25-13-5-4-6-14-25)19-20(27)24-22(29)26(21(19)28)17-10-8-16(2)9-11-17/h8-11,28H,3-7,12-15H2,1-2H3,(H,24,27,29). The van der Waals surface area contributed by atoms with Crippen LogP contribution >= 0.6 is 0 Å². The van der Waals surface area contributed by atoms with Crippen LogP contribution in [0.4, 0.5) is 0 Å². The summed E-state index contributed by atoms with van der Waals surface area (Å²) in [7, 11) is 0. The van der Waals surface area contributed by atoms with Gasteiger partial charge in [-0.2, -0.15) is 0 Å². The Hall–Kier alpha value is -2.67. The summed E-state index contributed by atoms with van der Waals surface area (Å²) in [5.41, 5.74) is 0.855. The minimum absolute atomic E-state index is 0.0747. The van der Waals surface area contributed by atoms with Gasteiger partial charge in [0.2, 0.25) is 5.88 Å². The fourth-order valence-electron chi connectivity index (χ4n) is 3.78. The van der Waals surface area contributed by atoms with Crippen molar-refractivity contribution in [3.8, 4) is 11.6 Å². The topological polar surface area (TPSA) is 90.7 Å². The molecule has 0 amide bonds. The number of H-pyrrole nitrogens is 1. The van der Waals surface area contributed by atoms with E-state index in [4.69, 9.17) is 0 Å². The molecule has 1 aromatic heterocycles. The number of aromatic amines is 1. The summed E-state index contributed by atoms with van der Waals surface area (Å²) in [6.07, 6.45) is 5.22. The lowest BCUT2D eigenvalue weighted by Crippen LogP contribution is -2.33. The van der Waals surface area contributed by atoms with E-state index in [0.717, 1.165) is 36.2 Å². The number of nitrogens with zero attached hydrogens (tertiary/aromatic N) is 3. The summed E-state index contributed by atoms with van der Waals surface area (Å²) in [5, 5.41) is 10.8. The van der Waals surface area contributed by atoms with Gasteiger partial charge in [-0.15, -0.1) is 0 Å². The zero-order valence-electron chi connectivity index (χ0n) is 17.3. The molecular formula is C22H30N4O3. The first-order valence-corrected chi connectivity index (χ1v) is 10.4. The summed E-state index contributed by atoms with van der Waals surface area (Å²) in [4.78, 5) is 34.2. The summed E-state index contributed by atoms with van der Waals surface area (Å²) >= 11 is 0. The highest BCUT2D eigenvalue weighted by Gasteiger charge is 2.19. The molecule has 2 heterocycles. The van der Waals surface area contributed by atoms with Crippen molar-refractivity contribution < 1.29 is 5.11 Å². The van der Waals surface area contributed by atoms with Crippen molar-refractivity contribution in [2.24, 2.45) is 4.99 Å². The van der Waals surface area contributed by atoms with Crippen LogP contribution < -0.4 is 11.2 Å². The Balaban J connectivity index is 1.85. The third-order valence-corrected chi connectivity index (χ3v) is 5.39. The summed E-state index contributed by atoms with van der Waals surface area (Å²) in [5.74, 6) is -0.362. The maximum absolute atomic E-state index is 12.5. The summed E-state index contributed by atoms with van der Waals surface area (Å²) < 4.78 is 1.12. The summed E-state index contributed by atoms with van der Waals surface area (Å²) in [6, 6.07) is 7.17. The van der Waals surface area contributed by atoms with Crippen molar-refractivity contribution in [1.82, 2.24) is 14.5 Å². The molecule has 1 fully saturated rings. The second-order valence-electron chi connectivity index (χ2n) is 7.57. The fraction of sp³-hybridized carbons (Fsp3) is 0.500. The number of likely N-dealkylation sites (tertiary alicyclic amines) is 1. The number of hydrogen-bond acceptors (Lipinski definition) is 5. The molecular weight excluding hydrogens is 368 g/mol. The second kappa shape index (κ2) is 9.69. The first-order chi connectivity index (χ1) is 14.0. The first kappa shape index (κ1) is 21.0. The van der Waals surface area contributed by atoms with E-state index in [0.29, 0.717) is 24.4 Å². The molecule has 2 aromatic rings. The monoisotopic (exact) mass is 398 g/mol. The molecule has 2 N–H and O–H groups in total. The van der Waals surface area contributed by atoms with Crippen molar-refractivity contribution in [2.75, 3.05) is 26.2 Å². The first-order valence-electron chi connectivity index (χ1n) is 10.4. The molecule has 0 radical (unpaired) electrons. The summed E-state index contributed by atoms with van der Waals surface area (Å²) in [6.45, 7) is 7.70. The van der Waals surface area contributed by atoms with E-state index >= 15 is 0 Å². The van der Waals surface area contributed by atoms with Crippen LogP contribution in [0.1, 0.15) is 50.2 Å². The maximum atomic E-state index is 12.5. The van der Waals surface area contributed by atoms with E-state index in [1.54, 1.807) is 12.1 Å². The van der Waals surface area contributed by atoms with Gasteiger partial charge < -0.3 is 10.0 Å². The number of aryl methyl sites for hydroxylation is 1. The van der Waals surface area contributed by atoms with Gasteiger partial charge in [0.15, 0.2) is 0 Å². The average Bonchev–Trinajstić information content (AvgIpc) is 2.71. The van der Waals surface area contributed by atoms with Crippen LogP contribution in [-0.4, -0.2) is 51.4 Å². The lowest BCUT2D eigenvalue weighted by Gasteiger charge is -2.25. The molecule has 1 aliphatic heterocycles. The van der Waals surface area contributed by atoms with E-state index in [2.05, 4.69) is 14.9 Å². The fourth-order valence-corrected chi connectivity index (χ4v) is 3.78. The Morgan fingerprint density at radius 3 is 2.48 bits per heavy atom. The maximum Gasteiger partial charge on any atom is 0.335 e. The third kappa shape index (κ3) is 5.03. The second-order valence-corrected chi connectivity index (χ2v) is 7.57. The highest BCUT2D eigenvalue weighted by molar-refractivity contribution is 6.02. The highest BCUT2D eigenvalue weighted by atomic mass is 16.3. The number of hydrogen-bond donors (Lipinski definition) is 2. The van der Waals surface area contributed by atoms with E-state index in [1.807, 2.05) is 26.0 Å². The van der Waals surface area contributed by atoms with Gasteiger partial charge in [-0.1, -0.05) is 31.0 Å². The van der Waals surface area contributed by atoms with Crippen molar-refractivity contribution in [3.63, 3.8) is 0 Å². The van der Waals surface area contributed by atoms with Gasteiger partial charge in [0, 0.05) is 6.54 Å². The van der Waals surface area contributed by atoms with Crippen molar-refractivity contribution >= 4 is 5.71 Å². The molecule has 156 valence electrons. The Labute approximate surface area is 170 Å². The predicted octanol–water partition coefficient (Wildman–Crippen LogP) is 2.61. The van der Waals surface area contributed by atoms with Crippen LogP contribution in [0, 0.1) is 6.92 Å². The molecule has 0 aliphatic carbocycles. The molecule has 0 unspecified atom stereocenters. The zero-order valence-corrected chi connectivity index (χ0v) is 17.3. The largest absolute Gasteiger partial charge is 0.493 e. The smallest absolute Gasteiger partial charge is 0.335 e. The van der Waals surface area contributed by atoms with Gasteiger partial charge in [-0.25, -0.2) is 9.36 Å². The SMILES string of the molecule is CCC(=NCCCN1CCCCC1)c1c(O)n(-c2ccc(C)cc2)c(=O)[nH]c1=O. The average molecular weight is 399 g/mol. The van der Waals surface area contributed by atoms with E-state index in [-0.39, 0.29) is 11.4 Å². The van der Waals surface area contributed by atoms with Crippen molar-refractivity contribution in [1.29, 1.82) is 0 Å². The quantitative estimate of drug-likeness (QED) is 0.554. The van der Waals surface area contributed by atoms with Crippen molar-refractivity contribution in [2.45, 2.75) is 46.0 Å². The molecule has 0 spiro atoms. The van der Waals surface area contributed by atoms with Gasteiger partial charge >= 0.3 is 5.69 Å². The Morgan fingerprint density at radius 1 is 1.14 bits per heavy atom. The van der Waals surface area contributed by atoms with E-state index in [1.165, 1.54) is 19.3 Å². The van der Waals surface area contributed by atoms with Gasteiger partial charge in [0.25, 0.3) is 5.56 Å². The van der Waals surface area contributed by atoms with Crippen LogP contribution in [0.2, 0.25) is 0 Å². The van der Waals surface area contributed by atoms with Crippen LogP contribution in [0.3, 0.4) is 0 Å². The van der Waals surface area contributed by atoms with Gasteiger partial charge in [0.05, 0.1) is 11.4 Å². The molecule has 7 heteroatoms. The number of rotatable bonds is 7. The molecule has 29 heavy (non-hydrogen) atoms. The highest BCUT2D eigenvalue weighted by Crippen LogP contribution is 2.19. The van der Waals surface area contributed by atoms with E-state index < -0.39 is 11.2 Å². The number of aromatic hydroxyl groups is 1.